The Morgan fingerprint density at radius 1 is 1.77 bits per heavy atom. The molecule has 0 aromatic carbocycles. The van der Waals surface area contributed by atoms with Crippen molar-refractivity contribution >= 4 is 18.4 Å². The van der Waals surface area contributed by atoms with E-state index in [-0.39, 0.29) is 25.2 Å². The molecular formula is C7H11ClN2O3. The van der Waals surface area contributed by atoms with Crippen LogP contribution in [-0.4, -0.2) is 27.2 Å². The first kappa shape index (κ1) is 11.9. The number of aromatic nitrogens is 2. The van der Waals surface area contributed by atoms with E-state index in [1.165, 1.54) is 0 Å². The van der Waals surface area contributed by atoms with Gasteiger partial charge in [0.2, 0.25) is 0 Å². The molecule has 1 rings (SSSR count). The number of carboxylic acid groups (broad SMARTS) is 1. The van der Waals surface area contributed by atoms with Crippen LogP contribution in [0.15, 0.2) is 18.7 Å². The highest BCUT2D eigenvalue weighted by atomic mass is 35.5. The van der Waals surface area contributed by atoms with Crippen LogP contribution in [0, 0.1) is 0 Å². The highest BCUT2D eigenvalue weighted by Gasteiger charge is 2.05. The van der Waals surface area contributed by atoms with E-state index in [1.807, 2.05) is 0 Å². The molecule has 0 spiro atoms. The Kier molecular flexibility index (Phi) is 5.10. The van der Waals surface area contributed by atoms with Gasteiger partial charge in [0.1, 0.15) is 12.8 Å². The van der Waals surface area contributed by atoms with E-state index < -0.39 is 5.97 Å². The Morgan fingerprint density at radius 2 is 2.46 bits per heavy atom. The molecule has 0 saturated carbocycles. The first-order valence-electron chi connectivity index (χ1n) is 3.51. The Hall–Kier alpha value is -1.07. The number of hydrogen-bond acceptors (Lipinski definition) is 3. The summed E-state index contributed by atoms with van der Waals surface area (Å²) in [6.07, 6.45) is 4.61. The fourth-order valence-corrected chi connectivity index (χ4v) is 0.762. The van der Waals surface area contributed by atoms with Crippen LogP contribution in [0.2, 0.25) is 0 Å². The zero-order valence-electron chi connectivity index (χ0n) is 7.08. The van der Waals surface area contributed by atoms with Crippen molar-refractivity contribution in [1.82, 2.24) is 9.55 Å². The van der Waals surface area contributed by atoms with Crippen LogP contribution < -0.4 is 0 Å². The lowest BCUT2D eigenvalue weighted by atomic mass is 10.6. The summed E-state index contributed by atoms with van der Waals surface area (Å²) in [4.78, 5) is 13.9. The molecule has 0 saturated heterocycles. The predicted octanol–water partition coefficient (Wildman–Crippen LogP) is 0.925. The minimum atomic E-state index is -0.970. The largest absolute Gasteiger partial charge is 0.480 e. The topological polar surface area (TPSA) is 64.3 Å². The molecule has 1 N–H and O–H groups in total. The zero-order chi connectivity index (χ0) is 8.97. The third kappa shape index (κ3) is 3.91. The van der Waals surface area contributed by atoms with Crippen LogP contribution in [-0.2, 0) is 9.53 Å². The molecule has 1 unspecified atom stereocenters. The van der Waals surface area contributed by atoms with Gasteiger partial charge in [-0.15, -0.1) is 12.4 Å². The van der Waals surface area contributed by atoms with Gasteiger partial charge in [0.25, 0.3) is 0 Å². The fourth-order valence-electron chi connectivity index (χ4n) is 0.762. The summed E-state index contributed by atoms with van der Waals surface area (Å²) < 4.78 is 6.65. The van der Waals surface area contributed by atoms with Crippen molar-refractivity contribution < 1.29 is 14.6 Å². The summed E-state index contributed by atoms with van der Waals surface area (Å²) in [5.41, 5.74) is 0. The van der Waals surface area contributed by atoms with E-state index in [4.69, 9.17) is 9.84 Å². The molecule has 0 aliphatic heterocycles. The zero-order valence-corrected chi connectivity index (χ0v) is 7.90. The third-order valence-electron chi connectivity index (χ3n) is 1.39. The minimum Gasteiger partial charge on any atom is -0.480 e. The average Bonchev–Trinajstić information content (AvgIpc) is 2.51. The molecule has 0 aliphatic carbocycles. The van der Waals surface area contributed by atoms with Gasteiger partial charge in [-0.05, 0) is 6.92 Å². The molecule has 1 aromatic heterocycles. The van der Waals surface area contributed by atoms with E-state index in [2.05, 4.69) is 4.98 Å². The summed E-state index contributed by atoms with van der Waals surface area (Å²) in [5.74, 6) is -0.970. The fraction of sp³-hybridized carbons (Fsp3) is 0.429. The molecule has 0 amide bonds. The van der Waals surface area contributed by atoms with Gasteiger partial charge in [-0.3, -0.25) is 0 Å². The van der Waals surface area contributed by atoms with E-state index >= 15 is 0 Å². The van der Waals surface area contributed by atoms with Crippen LogP contribution in [0.3, 0.4) is 0 Å². The lowest BCUT2D eigenvalue weighted by molar-refractivity contribution is -0.145. The van der Waals surface area contributed by atoms with Crippen molar-refractivity contribution in [3.8, 4) is 0 Å². The highest BCUT2D eigenvalue weighted by Crippen LogP contribution is 2.04. The third-order valence-corrected chi connectivity index (χ3v) is 1.39. The van der Waals surface area contributed by atoms with Crippen molar-refractivity contribution in [2.75, 3.05) is 6.61 Å². The molecule has 1 atom stereocenters. The van der Waals surface area contributed by atoms with Crippen molar-refractivity contribution in [2.24, 2.45) is 0 Å². The number of aliphatic carboxylic acids is 1. The standard InChI is InChI=1S/C7H10N2O3.ClH/c1-6(12-4-7(10)11)9-3-2-8-5-9;/h2-3,5-6H,4H2,1H3,(H,10,11);1H. The monoisotopic (exact) mass is 206 g/mol. The van der Waals surface area contributed by atoms with Crippen LogP contribution >= 0.6 is 12.4 Å². The first-order valence-corrected chi connectivity index (χ1v) is 3.51. The first-order chi connectivity index (χ1) is 5.70. The van der Waals surface area contributed by atoms with Gasteiger partial charge in [0.15, 0.2) is 0 Å². The van der Waals surface area contributed by atoms with Gasteiger partial charge in [-0.1, -0.05) is 0 Å². The Labute approximate surface area is 81.8 Å². The summed E-state index contributed by atoms with van der Waals surface area (Å²) >= 11 is 0. The van der Waals surface area contributed by atoms with Gasteiger partial charge in [0.05, 0.1) is 6.33 Å². The molecule has 0 aliphatic rings. The highest BCUT2D eigenvalue weighted by molar-refractivity contribution is 5.85. The Bertz CT molecular complexity index is 250. The summed E-state index contributed by atoms with van der Waals surface area (Å²) in [6, 6.07) is 0. The molecular weight excluding hydrogens is 196 g/mol. The van der Waals surface area contributed by atoms with Crippen molar-refractivity contribution in [3.05, 3.63) is 18.7 Å². The molecule has 1 heterocycles. The maximum atomic E-state index is 10.1. The molecule has 6 heteroatoms. The molecule has 0 fully saturated rings. The second-order valence-electron chi connectivity index (χ2n) is 2.31. The lowest BCUT2D eigenvalue weighted by Crippen LogP contribution is -2.13. The molecule has 1 aromatic rings. The molecule has 5 nitrogen and oxygen atoms in total. The van der Waals surface area contributed by atoms with Crippen molar-refractivity contribution in [1.29, 1.82) is 0 Å². The predicted molar refractivity (Wildman–Crippen MR) is 47.8 cm³/mol. The minimum absolute atomic E-state index is 0. The van der Waals surface area contributed by atoms with Gasteiger partial charge >= 0.3 is 5.97 Å². The molecule has 0 bridgehead atoms. The number of nitrogens with zero attached hydrogens (tertiary/aromatic N) is 2. The van der Waals surface area contributed by atoms with Gasteiger partial charge in [0, 0.05) is 12.4 Å². The number of rotatable bonds is 4. The number of ether oxygens (including phenoxy) is 1. The second-order valence-corrected chi connectivity index (χ2v) is 2.31. The Balaban J connectivity index is 0.00000144. The number of carboxylic acids is 1. The maximum Gasteiger partial charge on any atom is 0.329 e. The summed E-state index contributed by atoms with van der Waals surface area (Å²) in [7, 11) is 0. The summed E-state index contributed by atoms with van der Waals surface area (Å²) in [5, 5.41) is 8.31. The van der Waals surface area contributed by atoms with Crippen LogP contribution in [0.5, 0.6) is 0 Å². The smallest absolute Gasteiger partial charge is 0.329 e. The molecule has 13 heavy (non-hydrogen) atoms. The second kappa shape index (κ2) is 5.55. The average molecular weight is 207 g/mol. The number of hydrogen-bond donors (Lipinski definition) is 1. The van der Waals surface area contributed by atoms with Crippen molar-refractivity contribution in [2.45, 2.75) is 13.2 Å². The molecule has 0 radical (unpaired) electrons. The normalized spacial score (nSPS) is 11.8. The van der Waals surface area contributed by atoms with Gasteiger partial charge in [-0.25, -0.2) is 9.78 Å². The van der Waals surface area contributed by atoms with Crippen molar-refractivity contribution in [3.63, 3.8) is 0 Å². The van der Waals surface area contributed by atoms with Gasteiger partial charge < -0.3 is 14.4 Å². The molecule has 74 valence electrons. The van der Waals surface area contributed by atoms with Gasteiger partial charge in [-0.2, -0.15) is 0 Å². The van der Waals surface area contributed by atoms with E-state index in [0.29, 0.717) is 0 Å². The van der Waals surface area contributed by atoms with E-state index in [9.17, 15) is 4.79 Å². The number of halogens is 1. The van der Waals surface area contributed by atoms with Crippen LogP contribution in [0.1, 0.15) is 13.2 Å². The maximum absolute atomic E-state index is 10.1. The number of imidazole rings is 1. The lowest BCUT2D eigenvalue weighted by Gasteiger charge is -2.11. The van der Waals surface area contributed by atoms with E-state index in [1.54, 1.807) is 30.2 Å². The van der Waals surface area contributed by atoms with E-state index in [0.717, 1.165) is 0 Å². The quantitative estimate of drug-likeness (QED) is 0.796. The Morgan fingerprint density at radius 3 is 2.92 bits per heavy atom. The van der Waals surface area contributed by atoms with Crippen LogP contribution in [0.4, 0.5) is 0 Å². The number of carbonyl (C=O) groups is 1. The SMILES string of the molecule is CC(OCC(=O)O)n1ccnc1.Cl. The van der Waals surface area contributed by atoms with Crippen LogP contribution in [0.25, 0.3) is 0 Å². The summed E-state index contributed by atoms with van der Waals surface area (Å²) in [6.45, 7) is 1.46.